The Kier molecular flexibility index (Phi) is 10.6. The van der Waals surface area contributed by atoms with Crippen molar-refractivity contribution < 1.29 is 9.47 Å². The fourth-order valence-corrected chi connectivity index (χ4v) is 1.99. The predicted octanol–water partition coefficient (Wildman–Crippen LogP) is 2.60. The van der Waals surface area contributed by atoms with Gasteiger partial charge in [0, 0.05) is 38.6 Å². The van der Waals surface area contributed by atoms with Crippen molar-refractivity contribution in [3.63, 3.8) is 0 Å². The van der Waals surface area contributed by atoms with Gasteiger partial charge >= 0.3 is 0 Å². The van der Waals surface area contributed by atoms with Crippen LogP contribution in [0.15, 0.2) is 23.3 Å². The molecule has 0 amide bonds. The number of hydrogen-bond donors (Lipinski definition) is 2. The first-order valence-electron chi connectivity index (χ1n) is 8.83. The van der Waals surface area contributed by atoms with E-state index in [1.165, 1.54) is 0 Å². The normalized spacial score (nSPS) is 11.6. The summed E-state index contributed by atoms with van der Waals surface area (Å²) >= 11 is 0. The van der Waals surface area contributed by atoms with E-state index in [2.05, 4.69) is 41.4 Å². The molecular weight excluding hydrogens is 304 g/mol. The van der Waals surface area contributed by atoms with Gasteiger partial charge in [0.05, 0.1) is 13.2 Å². The molecule has 1 heterocycles. The molecule has 0 bridgehead atoms. The minimum Gasteiger partial charge on any atom is -0.478 e. The lowest BCUT2D eigenvalue weighted by Gasteiger charge is -2.12. The van der Waals surface area contributed by atoms with Crippen LogP contribution in [-0.2, 0) is 11.3 Å². The third-order valence-corrected chi connectivity index (χ3v) is 3.06. The Labute approximate surface area is 146 Å². The van der Waals surface area contributed by atoms with E-state index in [0.29, 0.717) is 24.9 Å². The lowest BCUT2D eigenvalue weighted by atomic mass is 10.2. The number of rotatable bonds is 11. The molecule has 0 aliphatic carbocycles. The Hall–Kier alpha value is -1.82. The van der Waals surface area contributed by atoms with Gasteiger partial charge in [-0.3, -0.25) is 0 Å². The smallest absolute Gasteiger partial charge is 0.213 e. The zero-order valence-electron chi connectivity index (χ0n) is 15.5. The maximum atomic E-state index is 5.58. The minimum atomic E-state index is 0.582. The van der Waals surface area contributed by atoms with Gasteiger partial charge in [0.15, 0.2) is 5.96 Å². The first-order chi connectivity index (χ1) is 11.7. The van der Waals surface area contributed by atoms with E-state index in [0.717, 1.165) is 44.2 Å². The van der Waals surface area contributed by atoms with Crippen molar-refractivity contribution in [1.29, 1.82) is 0 Å². The van der Waals surface area contributed by atoms with E-state index in [1.807, 2.05) is 19.1 Å². The van der Waals surface area contributed by atoms with Crippen LogP contribution in [0.3, 0.4) is 0 Å². The summed E-state index contributed by atoms with van der Waals surface area (Å²) in [6.45, 7) is 12.8. The van der Waals surface area contributed by atoms with Crippen molar-refractivity contribution in [2.75, 3.05) is 32.9 Å². The average molecular weight is 336 g/mol. The van der Waals surface area contributed by atoms with Crippen molar-refractivity contribution in [3.05, 3.63) is 23.9 Å². The summed E-state index contributed by atoms with van der Waals surface area (Å²) in [4.78, 5) is 8.77. The Morgan fingerprint density at radius 2 is 2.12 bits per heavy atom. The van der Waals surface area contributed by atoms with Crippen LogP contribution in [0.25, 0.3) is 0 Å². The molecule has 6 nitrogen and oxygen atoms in total. The lowest BCUT2D eigenvalue weighted by Crippen LogP contribution is -2.38. The Bertz CT molecular complexity index is 478. The fraction of sp³-hybridized carbons (Fsp3) is 0.667. The van der Waals surface area contributed by atoms with Crippen LogP contribution in [-0.4, -0.2) is 43.9 Å². The monoisotopic (exact) mass is 336 g/mol. The average Bonchev–Trinajstić information content (AvgIpc) is 2.56. The van der Waals surface area contributed by atoms with E-state index in [1.54, 1.807) is 6.20 Å². The van der Waals surface area contributed by atoms with Crippen LogP contribution in [0.5, 0.6) is 5.88 Å². The third kappa shape index (κ3) is 9.35. The number of pyridine rings is 1. The maximum absolute atomic E-state index is 5.58. The summed E-state index contributed by atoms with van der Waals surface area (Å²) < 4.78 is 11.0. The van der Waals surface area contributed by atoms with Gasteiger partial charge in [0.25, 0.3) is 0 Å². The number of ether oxygens (including phenoxy) is 2. The second kappa shape index (κ2) is 12.6. The molecule has 0 unspecified atom stereocenters. The van der Waals surface area contributed by atoms with Gasteiger partial charge in [-0.25, -0.2) is 9.98 Å². The van der Waals surface area contributed by atoms with Crippen LogP contribution >= 0.6 is 0 Å². The van der Waals surface area contributed by atoms with Gasteiger partial charge in [-0.05, 0) is 37.8 Å². The first-order valence-corrected chi connectivity index (χ1v) is 8.83. The Morgan fingerprint density at radius 1 is 1.29 bits per heavy atom. The second-order valence-corrected chi connectivity index (χ2v) is 5.88. The Balaban J connectivity index is 2.40. The highest BCUT2D eigenvalue weighted by Crippen LogP contribution is 2.10. The van der Waals surface area contributed by atoms with Gasteiger partial charge in [0.1, 0.15) is 0 Å². The molecule has 6 heteroatoms. The third-order valence-electron chi connectivity index (χ3n) is 3.06. The molecule has 24 heavy (non-hydrogen) atoms. The van der Waals surface area contributed by atoms with Gasteiger partial charge in [-0.2, -0.15) is 0 Å². The lowest BCUT2D eigenvalue weighted by molar-refractivity contribution is 0.108. The molecule has 1 aromatic rings. The second-order valence-electron chi connectivity index (χ2n) is 5.88. The largest absolute Gasteiger partial charge is 0.478 e. The first kappa shape index (κ1) is 20.2. The molecule has 0 aliphatic heterocycles. The molecule has 2 N–H and O–H groups in total. The molecule has 0 spiro atoms. The van der Waals surface area contributed by atoms with Gasteiger partial charge in [-0.15, -0.1) is 0 Å². The molecule has 136 valence electrons. The molecule has 0 aliphatic rings. The van der Waals surface area contributed by atoms with Crippen molar-refractivity contribution >= 4 is 5.96 Å². The maximum Gasteiger partial charge on any atom is 0.213 e. The van der Waals surface area contributed by atoms with Crippen LogP contribution in [0.2, 0.25) is 0 Å². The van der Waals surface area contributed by atoms with Crippen molar-refractivity contribution in [2.45, 2.75) is 40.7 Å². The predicted molar refractivity (Wildman–Crippen MR) is 98.5 cm³/mol. The summed E-state index contributed by atoms with van der Waals surface area (Å²) in [5, 5.41) is 6.58. The summed E-state index contributed by atoms with van der Waals surface area (Å²) in [5.74, 6) is 2.04. The number of nitrogens with one attached hydrogen (secondary N) is 2. The van der Waals surface area contributed by atoms with Crippen LogP contribution in [0.1, 0.15) is 39.7 Å². The molecule has 0 aromatic carbocycles. The number of nitrogens with zero attached hydrogens (tertiary/aromatic N) is 2. The summed E-state index contributed by atoms with van der Waals surface area (Å²) in [7, 11) is 0. The van der Waals surface area contributed by atoms with E-state index in [-0.39, 0.29) is 0 Å². The number of aliphatic imine (C=N–C) groups is 1. The van der Waals surface area contributed by atoms with Crippen molar-refractivity contribution in [2.24, 2.45) is 10.9 Å². The van der Waals surface area contributed by atoms with Crippen LogP contribution in [0.4, 0.5) is 0 Å². The highest BCUT2D eigenvalue weighted by molar-refractivity contribution is 5.79. The highest BCUT2D eigenvalue weighted by atomic mass is 16.5. The van der Waals surface area contributed by atoms with Gasteiger partial charge in [-0.1, -0.05) is 13.8 Å². The molecule has 0 saturated carbocycles. The van der Waals surface area contributed by atoms with Crippen LogP contribution < -0.4 is 15.4 Å². The van der Waals surface area contributed by atoms with Gasteiger partial charge in [0.2, 0.25) is 5.88 Å². The van der Waals surface area contributed by atoms with E-state index in [4.69, 9.17) is 9.47 Å². The van der Waals surface area contributed by atoms with E-state index >= 15 is 0 Å². The molecule has 0 atom stereocenters. The fourth-order valence-electron chi connectivity index (χ4n) is 1.99. The van der Waals surface area contributed by atoms with E-state index in [9.17, 15) is 0 Å². The van der Waals surface area contributed by atoms with Crippen molar-refractivity contribution in [1.82, 2.24) is 15.6 Å². The SMILES string of the molecule is CCNC(=NCc1ccnc(OCC)c1)NCCCOCC(C)C. The zero-order valence-corrected chi connectivity index (χ0v) is 15.5. The topological polar surface area (TPSA) is 67.8 Å². The molecule has 0 radical (unpaired) electrons. The molecule has 0 saturated heterocycles. The summed E-state index contributed by atoms with van der Waals surface area (Å²) in [5.41, 5.74) is 1.07. The number of hydrogen-bond acceptors (Lipinski definition) is 4. The highest BCUT2D eigenvalue weighted by Gasteiger charge is 2.00. The molecule has 1 aromatic heterocycles. The minimum absolute atomic E-state index is 0.582. The number of aromatic nitrogens is 1. The van der Waals surface area contributed by atoms with E-state index < -0.39 is 0 Å². The van der Waals surface area contributed by atoms with Crippen LogP contribution in [0, 0.1) is 5.92 Å². The molecule has 0 fully saturated rings. The van der Waals surface area contributed by atoms with Gasteiger partial charge < -0.3 is 20.1 Å². The zero-order chi connectivity index (χ0) is 17.6. The number of guanidine groups is 1. The summed E-state index contributed by atoms with van der Waals surface area (Å²) in [6.07, 6.45) is 2.71. The van der Waals surface area contributed by atoms with Crippen molar-refractivity contribution in [3.8, 4) is 5.88 Å². The Morgan fingerprint density at radius 3 is 2.83 bits per heavy atom. The molecular formula is C18H32N4O2. The standard InChI is InChI=1S/C18H32N4O2/c1-5-19-18(21-9-7-11-23-14-15(3)4)22-13-16-8-10-20-17(12-16)24-6-2/h8,10,12,15H,5-7,9,11,13-14H2,1-4H3,(H2,19,21,22). The quantitative estimate of drug-likeness (QED) is 0.369. The molecule has 1 rings (SSSR count). The summed E-state index contributed by atoms with van der Waals surface area (Å²) in [6, 6.07) is 3.88.